The number of nitrogens with one attached hydrogen (secondary N) is 2. The van der Waals surface area contributed by atoms with Gasteiger partial charge in [0.2, 0.25) is 0 Å². The predicted molar refractivity (Wildman–Crippen MR) is 152 cm³/mol. The van der Waals surface area contributed by atoms with E-state index in [0.29, 0.717) is 17.9 Å². The Morgan fingerprint density at radius 2 is 1.79 bits per heavy atom. The minimum Gasteiger partial charge on any atom is -0.493 e. The average Bonchev–Trinajstić information content (AvgIpc) is 3.33. The second-order valence-corrected chi connectivity index (χ2v) is 9.43. The molecule has 3 N–H and O–H groups in total. The molecule has 3 aromatic carbocycles. The highest BCUT2D eigenvalue weighted by Crippen LogP contribution is 2.27. The summed E-state index contributed by atoms with van der Waals surface area (Å²) in [6.45, 7) is 2.19. The molecule has 5 aromatic rings. The minimum absolute atomic E-state index is 0.237. The Balaban J connectivity index is 1.18. The van der Waals surface area contributed by atoms with Gasteiger partial charge in [0, 0.05) is 64.4 Å². The van der Waals surface area contributed by atoms with Crippen molar-refractivity contribution in [1.82, 2.24) is 15.3 Å². The van der Waals surface area contributed by atoms with E-state index in [1.54, 1.807) is 25.3 Å². The summed E-state index contributed by atoms with van der Waals surface area (Å²) in [6, 6.07) is 24.5. The Kier molecular flexibility index (Phi) is 7.68. The zero-order valence-electron chi connectivity index (χ0n) is 21.6. The van der Waals surface area contributed by atoms with E-state index in [2.05, 4.69) is 45.6 Å². The monoisotopic (exact) mass is 519 g/mol. The number of carbonyl (C=O) groups is 2. The number of para-hydroxylation sites is 2. The van der Waals surface area contributed by atoms with Gasteiger partial charge in [-0.3, -0.25) is 9.78 Å². The number of hydrogen-bond donors (Lipinski definition) is 3. The number of carbonyl (C=O) groups excluding carboxylic acids is 1. The lowest BCUT2D eigenvalue weighted by molar-refractivity contribution is -0.139. The van der Waals surface area contributed by atoms with Gasteiger partial charge in [-0.25, -0.2) is 4.79 Å². The molecule has 2 heterocycles. The molecule has 0 aliphatic heterocycles. The molecule has 39 heavy (non-hydrogen) atoms. The van der Waals surface area contributed by atoms with Crippen molar-refractivity contribution in [3.63, 3.8) is 0 Å². The number of allylic oxidation sites excluding steroid dienone is 2. The molecule has 1 unspecified atom stereocenters. The molecule has 7 nitrogen and oxygen atoms in total. The van der Waals surface area contributed by atoms with Crippen LogP contribution >= 0.6 is 0 Å². The van der Waals surface area contributed by atoms with Crippen molar-refractivity contribution >= 4 is 33.6 Å². The number of rotatable bonds is 11. The average molecular weight is 520 g/mol. The minimum atomic E-state index is -0.997. The number of ether oxygens (including phenoxy) is 1. The number of carboxylic acid groups (broad SMARTS) is 1. The first-order valence-electron chi connectivity index (χ1n) is 12.8. The molecule has 0 aliphatic carbocycles. The Morgan fingerprint density at radius 1 is 1.00 bits per heavy atom. The summed E-state index contributed by atoms with van der Waals surface area (Å²) < 4.78 is 5.99. The summed E-state index contributed by atoms with van der Waals surface area (Å²) in [7, 11) is 0. The molecule has 0 fully saturated rings. The van der Waals surface area contributed by atoms with Gasteiger partial charge in [0.15, 0.2) is 5.78 Å². The van der Waals surface area contributed by atoms with Crippen LogP contribution in [0.4, 0.5) is 0 Å². The Labute approximate surface area is 226 Å². The number of aliphatic carboxylic acids is 1. The van der Waals surface area contributed by atoms with Crippen molar-refractivity contribution in [2.24, 2.45) is 0 Å². The summed E-state index contributed by atoms with van der Waals surface area (Å²) in [5, 5.41) is 15.1. The third kappa shape index (κ3) is 6.15. The quantitative estimate of drug-likeness (QED) is 0.153. The highest BCUT2D eigenvalue weighted by Gasteiger charge is 2.18. The van der Waals surface area contributed by atoms with Crippen LogP contribution in [0.3, 0.4) is 0 Å². The molecule has 7 heteroatoms. The lowest BCUT2D eigenvalue weighted by Crippen LogP contribution is -2.37. The zero-order chi connectivity index (χ0) is 27.2. The fourth-order valence-corrected chi connectivity index (χ4v) is 4.68. The van der Waals surface area contributed by atoms with Crippen molar-refractivity contribution in [2.45, 2.75) is 25.8 Å². The molecule has 0 saturated carbocycles. The van der Waals surface area contributed by atoms with Crippen molar-refractivity contribution in [2.75, 3.05) is 6.61 Å². The molecule has 0 radical (unpaired) electrons. The van der Waals surface area contributed by atoms with Crippen molar-refractivity contribution in [3.8, 4) is 5.75 Å². The van der Waals surface area contributed by atoms with Crippen LogP contribution in [0, 0.1) is 0 Å². The normalized spacial score (nSPS) is 12.4. The number of hydrogen-bond acceptors (Lipinski definition) is 5. The SMILES string of the molecule is C/C(=C/C(=O)c1cccnc1)NC(Cc1ccc(OCCc2cccc3c2[nH]c2ccccc23)cc1)C(=O)O. The lowest BCUT2D eigenvalue weighted by Gasteiger charge is -2.16. The van der Waals surface area contributed by atoms with Gasteiger partial charge in [-0.05, 0) is 48.4 Å². The second kappa shape index (κ2) is 11.6. The number of aromatic nitrogens is 2. The summed E-state index contributed by atoms with van der Waals surface area (Å²) in [6.07, 6.45) is 5.46. The van der Waals surface area contributed by atoms with Crippen LogP contribution in [0.1, 0.15) is 28.4 Å². The number of benzene rings is 3. The van der Waals surface area contributed by atoms with Crippen LogP contribution in [0.15, 0.2) is 103 Å². The topological polar surface area (TPSA) is 104 Å². The lowest BCUT2D eigenvalue weighted by atomic mass is 10.1. The summed E-state index contributed by atoms with van der Waals surface area (Å²) in [5.41, 5.74) is 5.21. The van der Waals surface area contributed by atoms with E-state index in [0.717, 1.165) is 28.8 Å². The van der Waals surface area contributed by atoms with E-state index in [4.69, 9.17) is 4.74 Å². The van der Waals surface area contributed by atoms with Crippen LogP contribution in [-0.2, 0) is 17.6 Å². The maximum absolute atomic E-state index is 12.4. The predicted octanol–water partition coefficient (Wildman–Crippen LogP) is 5.71. The largest absolute Gasteiger partial charge is 0.493 e. The smallest absolute Gasteiger partial charge is 0.326 e. The van der Waals surface area contributed by atoms with Gasteiger partial charge in [-0.15, -0.1) is 0 Å². The number of fused-ring (bicyclic) bond motifs is 3. The Hall–Kier alpha value is -4.91. The number of nitrogens with zero attached hydrogens (tertiary/aromatic N) is 1. The molecule has 5 rings (SSSR count). The first-order valence-corrected chi connectivity index (χ1v) is 12.8. The first kappa shape index (κ1) is 25.7. The fraction of sp³-hybridized carbons (Fsp3) is 0.156. The van der Waals surface area contributed by atoms with E-state index in [9.17, 15) is 14.7 Å². The van der Waals surface area contributed by atoms with Gasteiger partial charge in [0.05, 0.1) is 6.61 Å². The van der Waals surface area contributed by atoms with Crippen LogP contribution in [0.2, 0.25) is 0 Å². The summed E-state index contributed by atoms with van der Waals surface area (Å²) >= 11 is 0. The van der Waals surface area contributed by atoms with E-state index in [1.807, 2.05) is 36.4 Å². The van der Waals surface area contributed by atoms with E-state index >= 15 is 0 Å². The van der Waals surface area contributed by atoms with E-state index in [-0.39, 0.29) is 12.2 Å². The van der Waals surface area contributed by atoms with Crippen molar-refractivity contribution in [1.29, 1.82) is 0 Å². The van der Waals surface area contributed by atoms with Crippen LogP contribution in [0.5, 0.6) is 5.75 Å². The molecule has 196 valence electrons. The fourth-order valence-electron chi connectivity index (χ4n) is 4.68. The number of ketones is 1. The maximum atomic E-state index is 12.4. The Morgan fingerprint density at radius 3 is 2.56 bits per heavy atom. The molecule has 0 saturated heterocycles. The van der Waals surface area contributed by atoms with Gasteiger partial charge in [-0.1, -0.05) is 48.5 Å². The molecule has 2 aromatic heterocycles. The number of carboxylic acids is 1. The number of pyridine rings is 1. The summed E-state index contributed by atoms with van der Waals surface area (Å²) in [5.74, 6) is -0.511. The molecule has 1 atom stereocenters. The third-order valence-electron chi connectivity index (χ3n) is 6.62. The first-order chi connectivity index (χ1) is 19.0. The van der Waals surface area contributed by atoms with E-state index < -0.39 is 12.0 Å². The van der Waals surface area contributed by atoms with Crippen LogP contribution in [0.25, 0.3) is 21.8 Å². The second-order valence-electron chi connectivity index (χ2n) is 9.43. The molecule has 0 amide bonds. The molecular formula is C32H29N3O4. The molecule has 0 bridgehead atoms. The Bertz CT molecular complexity index is 1640. The highest BCUT2D eigenvalue weighted by molar-refractivity contribution is 6.08. The third-order valence-corrected chi connectivity index (χ3v) is 6.62. The molecule has 0 aliphatic rings. The van der Waals surface area contributed by atoms with Crippen LogP contribution in [-0.4, -0.2) is 39.5 Å². The van der Waals surface area contributed by atoms with Crippen LogP contribution < -0.4 is 10.1 Å². The highest BCUT2D eigenvalue weighted by atomic mass is 16.5. The number of H-pyrrole nitrogens is 1. The molecule has 0 spiro atoms. The molecular weight excluding hydrogens is 490 g/mol. The van der Waals surface area contributed by atoms with Gasteiger partial charge in [-0.2, -0.15) is 0 Å². The number of aromatic amines is 1. The van der Waals surface area contributed by atoms with Crippen molar-refractivity contribution < 1.29 is 19.4 Å². The maximum Gasteiger partial charge on any atom is 0.326 e. The zero-order valence-corrected chi connectivity index (χ0v) is 21.6. The van der Waals surface area contributed by atoms with Gasteiger partial charge < -0.3 is 20.1 Å². The standard InChI is InChI=1S/C32H29N3O4/c1-21(18-30(36)24-7-5-16-33-20-24)34-29(32(37)38)19-22-11-13-25(14-12-22)39-17-15-23-6-4-9-27-26-8-2-3-10-28(26)35-31(23)27/h2-14,16,18,20,29,34-35H,15,17,19H2,1H3,(H,37,38)/b21-18-. The van der Waals surface area contributed by atoms with Gasteiger partial charge in [0.25, 0.3) is 0 Å². The van der Waals surface area contributed by atoms with Gasteiger partial charge in [0.1, 0.15) is 11.8 Å². The van der Waals surface area contributed by atoms with Gasteiger partial charge >= 0.3 is 5.97 Å². The summed E-state index contributed by atoms with van der Waals surface area (Å²) in [4.78, 5) is 31.7. The van der Waals surface area contributed by atoms with Crippen molar-refractivity contribution in [3.05, 3.63) is 120 Å². The van der Waals surface area contributed by atoms with E-state index in [1.165, 1.54) is 28.6 Å².